The molecule has 0 unspecified atom stereocenters. The highest BCUT2D eigenvalue weighted by Gasteiger charge is 2.38. The van der Waals surface area contributed by atoms with Crippen LogP contribution in [0.25, 0.3) is 11.1 Å². The van der Waals surface area contributed by atoms with Gasteiger partial charge in [0.2, 0.25) is 0 Å². The van der Waals surface area contributed by atoms with Crippen molar-refractivity contribution in [3.63, 3.8) is 0 Å². The van der Waals surface area contributed by atoms with Crippen LogP contribution in [0.2, 0.25) is 5.02 Å². The van der Waals surface area contributed by atoms with Crippen molar-refractivity contribution < 1.29 is 35.9 Å². The number of carbonyl (C=O) groups excluding carboxylic acids is 1. The minimum absolute atomic E-state index is 0.0181. The van der Waals surface area contributed by atoms with Crippen LogP contribution in [0.5, 0.6) is 0 Å². The Morgan fingerprint density at radius 3 is 2.00 bits per heavy atom. The Balaban J connectivity index is 2.04. The molecule has 0 spiro atoms. The van der Waals surface area contributed by atoms with E-state index in [0.717, 1.165) is 26.7 Å². The monoisotopic (exact) mass is 649 g/mol. The van der Waals surface area contributed by atoms with Crippen LogP contribution in [0.3, 0.4) is 0 Å². The maximum Gasteiger partial charge on any atom is 0.416 e. The number of halogens is 8. The maximum atomic E-state index is 13.5. The molecule has 216 valence electrons. The molecule has 0 fully saturated rings. The zero-order chi connectivity index (χ0) is 30.0. The first-order valence-corrected chi connectivity index (χ1v) is 13.4. The fourth-order valence-electron chi connectivity index (χ4n) is 4.38. The molecule has 0 aromatic heterocycles. The lowest BCUT2D eigenvalue weighted by molar-refractivity contribution is -0.143. The number of hydrogen-bond acceptors (Lipinski definition) is 3. The summed E-state index contributed by atoms with van der Waals surface area (Å²) >= 11 is 10.0. The van der Waals surface area contributed by atoms with Gasteiger partial charge in [0, 0.05) is 27.6 Å². The normalized spacial score (nSPS) is 13.9. The lowest BCUT2D eigenvalue weighted by Gasteiger charge is -2.32. The zero-order valence-electron chi connectivity index (χ0n) is 22.0. The van der Waals surface area contributed by atoms with Gasteiger partial charge in [0.15, 0.2) is 0 Å². The van der Waals surface area contributed by atoms with Crippen molar-refractivity contribution >= 4 is 34.0 Å². The summed E-state index contributed by atoms with van der Waals surface area (Å²) < 4.78 is 86.8. The summed E-state index contributed by atoms with van der Waals surface area (Å²) in [6.07, 6.45) is -11.5. The van der Waals surface area contributed by atoms with E-state index in [9.17, 15) is 31.1 Å². The van der Waals surface area contributed by atoms with E-state index in [4.69, 9.17) is 16.3 Å². The van der Waals surface area contributed by atoms with E-state index in [2.05, 4.69) is 29.8 Å². The van der Waals surface area contributed by atoms with Crippen molar-refractivity contribution in [1.29, 1.82) is 0 Å². The first kappa shape index (κ1) is 32.0. The largest absolute Gasteiger partial charge is 0.458 e. The van der Waals surface area contributed by atoms with Crippen LogP contribution < -0.4 is 0 Å². The van der Waals surface area contributed by atoms with Gasteiger partial charge in [-0.1, -0.05) is 53.5 Å². The van der Waals surface area contributed by atoms with Gasteiger partial charge in [0.05, 0.1) is 11.1 Å². The molecule has 40 heavy (non-hydrogen) atoms. The molecule has 0 aliphatic heterocycles. The van der Waals surface area contributed by atoms with Crippen LogP contribution in [-0.2, 0) is 28.4 Å². The molecule has 3 nitrogen and oxygen atoms in total. The average Bonchev–Trinajstić information content (AvgIpc) is 2.86. The van der Waals surface area contributed by atoms with Crippen LogP contribution in [0.1, 0.15) is 60.6 Å². The summed E-state index contributed by atoms with van der Waals surface area (Å²) in [5.74, 6) is 0.243. The van der Waals surface area contributed by atoms with Crippen LogP contribution in [0.15, 0.2) is 59.1 Å². The van der Waals surface area contributed by atoms with Gasteiger partial charge in [-0.25, -0.2) is 0 Å². The van der Waals surface area contributed by atoms with E-state index in [1.807, 2.05) is 36.4 Å². The molecule has 3 aromatic rings. The van der Waals surface area contributed by atoms with Gasteiger partial charge < -0.3 is 4.74 Å². The number of nitrogens with zero attached hydrogens (tertiary/aromatic N) is 1. The molecule has 0 heterocycles. The quantitative estimate of drug-likeness (QED) is 0.171. The summed E-state index contributed by atoms with van der Waals surface area (Å²) in [6.45, 7) is 5.89. The summed E-state index contributed by atoms with van der Waals surface area (Å²) in [7, 11) is 1.64. The van der Waals surface area contributed by atoms with E-state index in [1.165, 1.54) is 0 Å². The van der Waals surface area contributed by atoms with Crippen LogP contribution in [-0.4, -0.2) is 24.5 Å². The second kappa shape index (κ2) is 12.5. The third-order valence-electron chi connectivity index (χ3n) is 6.71. The molecule has 0 aliphatic rings. The molecule has 11 heteroatoms. The Labute approximate surface area is 242 Å². The summed E-state index contributed by atoms with van der Waals surface area (Å²) in [5.41, 5.74) is 0.0544. The second-order valence-corrected chi connectivity index (χ2v) is 11.2. The molecule has 3 aromatic carbocycles. The van der Waals surface area contributed by atoms with Gasteiger partial charge in [0.1, 0.15) is 6.10 Å². The smallest absolute Gasteiger partial charge is 0.416 e. The molecular formula is C29H27BrClF6NO2. The molecule has 0 bridgehead atoms. The lowest BCUT2D eigenvalue weighted by Crippen LogP contribution is -2.35. The number of ether oxygens (including phenoxy) is 1. The standard InChI is InChI=1S/C29H27BrClF6NO2/c1-16(2)18-5-8-26(31)25(12-18)24-7-6-23(30)11-20(24)14-38(4)17(3)27(40-15-39)19-9-21(28(32,33)34)13-22(10-19)29(35,36)37/h5-13,15-17,27H,14H2,1-4H3/t17-,27-/m0/s1. The van der Waals surface area contributed by atoms with Gasteiger partial charge in [-0.05, 0) is 84.6 Å². The second-order valence-electron chi connectivity index (χ2n) is 9.84. The number of benzene rings is 3. The summed E-state index contributed by atoms with van der Waals surface area (Å²) in [6, 6.07) is 11.7. The van der Waals surface area contributed by atoms with Crippen molar-refractivity contribution in [3.8, 4) is 11.1 Å². The molecular weight excluding hydrogens is 624 g/mol. The molecule has 0 radical (unpaired) electrons. The number of carbonyl (C=O) groups is 1. The molecule has 0 amide bonds. The Bertz CT molecular complexity index is 1330. The number of rotatable bonds is 9. The molecule has 3 rings (SSSR count). The van der Waals surface area contributed by atoms with E-state index in [-0.39, 0.29) is 25.0 Å². The summed E-state index contributed by atoms with van der Waals surface area (Å²) in [4.78, 5) is 13.0. The third kappa shape index (κ3) is 7.59. The molecule has 2 atom stereocenters. The van der Waals surface area contributed by atoms with Crippen molar-refractivity contribution in [1.82, 2.24) is 4.90 Å². The molecule has 0 saturated heterocycles. The number of likely N-dealkylation sites (N-methyl/N-ethyl adjacent to an activating group) is 1. The zero-order valence-corrected chi connectivity index (χ0v) is 24.3. The Kier molecular flexibility index (Phi) is 10.0. The predicted molar refractivity (Wildman–Crippen MR) is 146 cm³/mol. The Morgan fingerprint density at radius 1 is 0.875 bits per heavy atom. The van der Waals surface area contributed by atoms with Crippen molar-refractivity contribution in [2.24, 2.45) is 0 Å². The fraction of sp³-hybridized carbons (Fsp3) is 0.345. The van der Waals surface area contributed by atoms with Crippen LogP contribution in [0, 0.1) is 0 Å². The third-order valence-corrected chi connectivity index (χ3v) is 7.53. The SMILES string of the molecule is CC(C)c1ccc(Cl)c(-c2ccc(Br)cc2CN(C)[C@@H](C)[C@H](OC=O)c2cc(C(F)(F)F)cc(C(F)(F)F)c2)c1. The minimum Gasteiger partial charge on any atom is -0.458 e. The Hall–Kier alpha value is -2.56. The summed E-state index contributed by atoms with van der Waals surface area (Å²) in [5, 5.41) is 0.523. The van der Waals surface area contributed by atoms with E-state index in [0.29, 0.717) is 17.2 Å². The van der Waals surface area contributed by atoms with E-state index < -0.39 is 41.2 Å². The first-order valence-electron chi connectivity index (χ1n) is 12.2. The highest BCUT2D eigenvalue weighted by Crippen LogP contribution is 2.40. The highest BCUT2D eigenvalue weighted by atomic mass is 79.9. The lowest BCUT2D eigenvalue weighted by atomic mass is 9.93. The highest BCUT2D eigenvalue weighted by molar-refractivity contribution is 9.10. The van der Waals surface area contributed by atoms with E-state index >= 15 is 0 Å². The van der Waals surface area contributed by atoms with Gasteiger partial charge in [0.25, 0.3) is 6.47 Å². The van der Waals surface area contributed by atoms with Crippen molar-refractivity contribution in [3.05, 3.63) is 91.9 Å². The number of alkyl halides is 6. The van der Waals surface area contributed by atoms with Gasteiger partial charge >= 0.3 is 12.4 Å². The minimum atomic E-state index is -5.04. The van der Waals surface area contributed by atoms with Gasteiger partial charge in [-0.15, -0.1) is 0 Å². The van der Waals surface area contributed by atoms with Crippen LogP contribution in [0.4, 0.5) is 26.3 Å². The van der Waals surface area contributed by atoms with Crippen LogP contribution >= 0.6 is 27.5 Å². The number of hydrogen-bond donors (Lipinski definition) is 0. The molecule has 0 aliphatic carbocycles. The van der Waals surface area contributed by atoms with Crippen molar-refractivity contribution in [2.45, 2.75) is 57.7 Å². The van der Waals surface area contributed by atoms with Gasteiger partial charge in [-0.2, -0.15) is 26.3 Å². The average molecular weight is 651 g/mol. The first-order chi connectivity index (χ1) is 18.5. The maximum absolute atomic E-state index is 13.5. The topological polar surface area (TPSA) is 29.5 Å². The predicted octanol–water partition coefficient (Wildman–Crippen LogP) is 9.67. The Morgan fingerprint density at radius 2 is 1.48 bits per heavy atom. The van der Waals surface area contributed by atoms with Crippen molar-refractivity contribution in [2.75, 3.05) is 7.05 Å². The van der Waals surface area contributed by atoms with Gasteiger partial charge in [-0.3, -0.25) is 9.69 Å². The fourth-order valence-corrected chi connectivity index (χ4v) is 5.01. The molecule has 0 saturated carbocycles. The molecule has 0 N–H and O–H groups in total. The van der Waals surface area contributed by atoms with E-state index in [1.54, 1.807) is 18.9 Å².